The summed E-state index contributed by atoms with van der Waals surface area (Å²) in [5, 5.41) is 0. The number of benzene rings is 1. The molecule has 4 nitrogen and oxygen atoms in total. The van der Waals surface area contributed by atoms with Crippen LogP contribution in [0.4, 0.5) is 4.39 Å². The van der Waals surface area contributed by atoms with E-state index < -0.39 is 0 Å². The van der Waals surface area contributed by atoms with Gasteiger partial charge in [-0.05, 0) is 59.7 Å². The van der Waals surface area contributed by atoms with Gasteiger partial charge in [-0.2, -0.15) is 0 Å². The molecule has 1 atom stereocenters. The molecule has 0 radical (unpaired) electrons. The summed E-state index contributed by atoms with van der Waals surface area (Å²) in [5.74, 6) is 0.0653. The van der Waals surface area contributed by atoms with Crippen molar-refractivity contribution in [2.75, 3.05) is 13.1 Å². The molecule has 2 aromatic heterocycles. The molecule has 0 aliphatic carbocycles. The Balaban J connectivity index is 1.64. The number of Topliss-reactive ketones (excluding diaryl/α,β-unsaturated/α-hetero) is 1. The summed E-state index contributed by atoms with van der Waals surface area (Å²) in [7, 11) is 0. The van der Waals surface area contributed by atoms with Crippen LogP contribution in [0, 0.1) is 5.82 Å². The number of hydrogen-bond acceptors (Lipinski definition) is 3. The Hall–Kier alpha value is -3.05. The first-order valence-electron chi connectivity index (χ1n) is 9.53. The van der Waals surface area contributed by atoms with E-state index in [0.717, 1.165) is 35.3 Å². The molecule has 1 fully saturated rings. The number of rotatable bonds is 3. The zero-order valence-electron chi connectivity index (χ0n) is 15.4. The van der Waals surface area contributed by atoms with Gasteiger partial charge in [0.15, 0.2) is 0 Å². The van der Waals surface area contributed by atoms with Crippen LogP contribution in [0.2, 0.25) is 0 Å². The number of halogens is 1. The van der Waals surface area contributed by atoms with Crippen LogP contribution in [0.5, 0.6) is 0 Å². The second-order valence-corrected chi connectivity index (χ2v) is 7.38. The topological polar surface area (TPSA) is 38.1 Å². The third-order valence-corrected chi connectivity index (χ3v) is 5.63. The maximum Gasteiger partial charge on any atom is 0.148 e. The molecule has 2 aliphatic heterocycles. The Bertz CT molecular complexity index is 1050. The molecule has 5 rings (SSSR count). The first kappa shape index (κ1) is 17.1. The Kier molecular flexibility index (Phi) is 4.17. The van der Waals surface area contributed by atoms with Crippen molar-refractivity contribution in [3.05, 3.63) is 72.9 Å². The van der Waals surface area contributed by atoms with Crippen molar-refractivity contribution in [3.8, 4) is 22.4 Å². The number of nitrogens with zero attached hydrogens (tertiary/aromatic N) is 3. The Morgan fingerprint density at radius 1 is 1.00 bits per heavy atom. The van der Waals surface area contributed by atoms with Gasteiger partial charge in [0.1, 0.15) is 11.6 Å². The summed E-state index contributed by atoms with van der Waals surface area (Å²) in [5.41, 5.74) is 5.34. The van der Waals surface area contributed by atoms with Gasteiger partial charge in [0.25, 0.3) is 0 Å². The fourth-order valence-corrected chi connectivity index (χ4v) is 4.28. The van der Waals surface area contributed by atoms with Crippen molar-refractivity contribution in [2.24, 2.45) is 0 Å². The van der Waals surface area contributed by atoms with Crippen LogP contribution < -0.4 is 0 Å². The van der Waals surface area contributed by atoms with Gasteiger partial charge in [-0.3, -0.25) is 14.7 Å². The summed E-state index contributed by atoms with van der Waals surface area (Å²) in [4.78, 5) is 18.2. The number of aromatic nitrogens is 2. The molecule has 0 amide bonds. The molecular weight excluding hydrogens is 353 g/mol. The molecule has 28 heavy (non-hydrogen) atoms. The molecule has 4 heterocycles. The normalized spacial score (nSPS) is 19.5. The molecule has 0 spiro atoms. The van der Waals surface area contributed by atoms with E-state index in [1.165, 1.54) is 17.8 Å². The van der Waals surface area contributed by atoms with E-state index in [2.05, 4.69) is 32.8 Å². The quantitative estimate of drug-likeness (QED) is 0.689. The lowest BCUT2D eigenvalue weighted by Gasteiger charge is -2.28. The number of carbonyl (C=O) groups excluding carboxylic acids is 1. The van der Waals surface area contributed by atoms with Gasteiger partial charge in [0, 0.05) is 55.3 Å². The minimum atomic E-state index is -0.246. The van der Waals surface area contributed by atoms with Crippen LogP contribution in [0.1, 0.15) is 12.8 Å². The second kappa shape index (κ2) is 6.84. The standard InChI is InChI=1S/C23H20FN3O/c24-18-3-1-17(2-4-18)23-22(16-5-9-25-10-6-16)8-12-27(23)19-7-11-26-15-21(28)14-20(26)13-19/h1-6,8-10,12-13,20H,7,11,14-15H2. The highest BCUT2D eigenvalue weighted by molar-refractivity contribution is 5.86. The fraction of sp³-hybridized carbons (Fsp3) is 0.217. The maximum absolute atomic E-state index is 13.5. The molecule has 0 bridgehead atoms. The van der Waals surface area contributed by atoms with Crippen LogP contribution in [-0.2, 0) is 4.79 Å². The number of carbonyl (C=O) groups is 1. The number of fused-ring (bicyclic) bond motifs is 1. The van der Waals surface area contributed by atoms with Crippen LogP contribution in [0.3, 0.4) is 0 Å². The fourth-order valence-electron chi connectivity index (χ4n) is 4.28. The van der Waals surface area contributed by atoms with Gasteiger partial charge < -0.3 is 4.57 Å². The first-order chi connectivity index (χ1) is 13.7. The highest BCUT2D eigenvalue weighted by Gasteiger charge is 2.32. The summed E-state index contributed by atoms with van der Waals surface area (Å²) < 4.78 is 15.7. The van der Waals surface area contributed by atoms with Crippen LogP contribution in [-0.4, -0.2) is 39.4 Å². The number of ketones is 1. The zero-order valence-corrected chi connectivity index (χ0v) is 15.4. The van der Waals surface area contributed by atoms with E-state index in [1.807, 2.05) is 24.3 Å². The largest absolute Gasteiger partial charge is 0.320 e. The Morgan fingerprint density at radius 3 is 2.57 bits per heavy atom. The van der Waals surface area contributed by atoms with E-state index in [4.69, 9.17) is 0 Å². The molecule has 3 aromatic rings. The smallest absolute Gasteiger partial charge is 0.148 e. The van der Waals surface area contributed by atoms with Gasteiger partial charge in [-0.15, -0.1) is 0 Å². The Labute approximate surface area is 162 Å². The van der Waals surface area contributed by atoms with Gasteiger partial charge in [-0.1, -0.05) is 0 Å². The zero-order chi connectivity index (χ0) is 19.1. The molecule has 2 aliphatic rings. The predicted molar refractivity (Wildman–Crippen MR) is 107 cm³/mol. The monoisotopic (exact) mass is 373 g/mol. The maximum atomic E-state index is 13.5. The molecule has 140 valence electrons. The summed E-state index contributed by atoms with van der Waals surface area (Å²) in [6.07, 6.45) is 9.33. The van der Waals surface area contributed by atoms with Crippen LogP contribution in [0.15, 0.2) is 67.1 Å². The summed E-state index contributed by atoms with van der Waals surface area (Å²) >= 11 is 0. The third-order valence-electron chi connectivity index (χ3n) is 5.63. The lowest BCUT2D eigenvalue weighted by Crippen LogP contribution is -2.33. The highest BCUT2D eigenvalue weighted by atomic mass is 19.1. The minimum absolute atomic E-state index is 0.184. The van der Waals surface area contributed by atoms with Gasteiger partial charge in [0.05, 0.1) is 12.2 Å². The van der Waals surface area contributed by atoms with E-state index in [9.17, 15) is 9.18 Å². The van der Waals surface area contributed by atoms with Crippen molar-refractivity contribution < 1.29 is 9.18 Å². The molecule has 1 aromatic carbocycles. The van der Waals surface area contributed by atoms with E-state index in [1.54, 1.807) is 12.4 Å². The van der Waals surface area contributed by atoms with Crippen molar-refractivity contribution in [3.63, 3.8) is 0 Å². The van der Waals surface area contributed by atoms with Gasteiger partial charge in [-0.25, -0.2) is 4.39 Å². The van der Waals surface area contributed by atoms with Crippen molar-refractivity contribution in [1.82, 2.24) is 14.5 Å². The van der Waals surface area contributed by atoms with Crippen LogP contribution in [0.25, 0.3) is 28.1 Å². The van der Waals surface area contributed by atoms with E-state index >= 15 is 0 Å². The van der Waals surface area contributed by atoms with Gasteiger partial charge >= 0.3 is 0 Å². The average molecular weight is 373 g/mol. The van der Waals surface area contributed by atoms with Crippen molar-refractivity contribution in [2.45, 2.75) is 18.9 Å². The molecule has 1 unspecified atom stereocenters. The highest BCUT2D eigenvalue weighted by Crippen LogP contribution is 2.37. The third kappa shape index (κ3) is 2.98. The lowest BCUT2D eigenvalue weighted by atomic mass is 10.0. The molecular formula is C23H20FN3O. The van der Waals surface area contributed by atoms with Gasteiger partial charge in [0.2, 0.25) is 0 Å². The summed E-state index contributed by atoms with van der Waals surface area (Å²) in [6, 6.07) is 12.9. The first-order valence-corrected chi connectivity index (χ1v) is 9.53. The molecule has 0 N–H and O–H groups in total. The summed E-state index contributed by atoms with van der Waals surface area (Å²) in [6.45, 7) is 1.45. The molecule has 0 saturated carbocycles. The van der Waals surface area contributed by atoms with Crippen molar-refractivity contribution in [1.29, 1.82) is 0 Å². The lowest BCUT2D eigenvalue weighted by molar-refractivity contribution is -0.116. The molecule has 1 saturated heterocycles. The minimum Gasteiger partial charge on any atom is -0.320 e. The van der Waals surface area contributed by atoms with E-state index in [-0.39, 0.29) is 11.9 Å². The van der Waals surface area contributed by atoms with Crippen LogP contribution >= 0.6 is 0 Å². The number of hydrogen-bond donors (Lipinski definition) is 0. The predicted octanol–water partition coefficient (Wildman–Crippen LogP) is 4.24. The second-order valence-electron chi connectivity index (χ2n) is 7.38. The van der Waals surface area contributed by atoms with E-state index in [0.29, 0.717) is 18.7 Å². The SMILES string of the molecule is O=C1CC2C=C(n3ccc(-c4ccncc4)c3-c3ccc(F)cc3)CCN2C1. The molecule has 5 heteroatoms. The number of pyridine rings is 1. The van der Waals surface area contributed by atoms with Crippen molar-refractivity contribution >= 4 is 11.5 Å². The Morgan fingerprint density at radius 2 is 1.79 bits per heavy atom. The average Bonchev–Trinajstić information content (AvgIpc) is 3.31.